The van der Waals surface area contributed by atoms with Gasteiger partial charge in [0.2, 0.25) is 0 Å². The summed E-state index contributed by atoms with van der Waals surface area (Å²) in [4.78, 5) is 21.8. The number of para-hydroxylation sites is 1. The zero-order valence-corrected chi connectivity index (χ0v) is 19.3. The van der Waals surface area contributed by atoms with Crippen molar-refractivity contribution < 1.29 is 19.9 Å². The molecule has 178 valence electrons. The second kappa shape index (κ2) is 12.5. The number of nitro benzene ring substituents is 1. The molecule has 1 aromatic rings. The van der Waals surface area contributed by atoms with Gasteiger partial charge in [0.05, 0.1) is 11.0 Å². The van der Waals surface area contributed by atoms with Crippen LogP contribution in [0.2, 0.25) is 0 Å². The van der Waals surface area contributed by atoms with E-state index >= 15 is 0 Å². The number of carbonyl (C=O) groups is 1. The third-order valence-corrected chi connectivity index (χ3v) is 7.66. The van der Waals surface area contributed by atoms with Crippen molar-refractivity contribution in [1.29, 1.82) is 0 Å². The summed E-state index contributed by atoms with van der Waals surface area (Å²) < 4.78 is 1.47. The maximum atomic E-state index is 11.1. The van der Waals surface area contributed by atoms with E-state index in [1.165, 1.54) is 74.6 Å². The molecular weight excluding hydrogens is 430 g/mol. The van der Waals surface area contributed by atoms with Gasteiger partial charge in [-0.2, -0.15) is 0 Å². The normalized spacial score (nSPS) is 25.2. The van der Waals surface area contributed by atoms with E-state index < -0.39 is 23.0 Å². The number of benzene rings is 1. The molecule has 1 aliphatic heterocycles. The Morgan fingerprint density at radius 2 is 1.59 bits per heavy atom. The van der Waals surface area contributed by atoms with E-state index in [4.69, 9.17) is 5.11 Å². The van der Waals surface area contributed by atoms with Gasteiger partial charge in [0.25, 0.3) is 5.69 Å². The Morgan fingerprint density at radius 1 is 1.03 bits per heavy atom. The summed E-state index contributed by atoms with van der Waals surface area (Å²) in [7, 11) is 0. The molecule has 1 aromatic carbocycles. The monoisotopic (exact) mass is 465 g/mol. The van der Waals surface area contributed by atoms with Crippen LogP contribution >= 0.6 is 11.9 Å². The second-order valence-electron chi connectivity index (χ2n) is 9.00. The Kier molecular flexibility index (Phi) is 9.77. The van der Waals surface area contributed by atoms with Crippen LogP contribution in [0.15, 0.2) is 29.2 Å². The number of nitro groups is 1. The highest BCUT2D eigenvalue weighted by Gasteiger charge is 2.37. The fraction of sp³-hybridized carbons (Fsp3) is 0.696. The molecule has 0 amide bonds. The van der Waals surface area contributed by atoms with E-state index in [1.807, 2.05) is 0 Å². The molecule has 32 heavy (non-hydrogen) atoms. The van der Waals surface area contributed by atoms with Crippen LogP contribution in [0.3, 0.4) is 0 Å². The van der Waals surface area contributed by atoms with Crippen LogP contribution < -0.4 is 5.32 Å². The van der Waals surface area contributed by atoms with Crippen molar-refractivity contribution >= 4 is 23.6 Å². The second-order valence-corrected chi connectivity index (χ2v) is 10.1. The molecule has 1 heterocycles. The summed E-state index contributed by atoms with van der Waals surface area (Å²) in [6.07, 6.45) is 14.0. The molecule has 0 bridgehead atoms. The van der Waals surface area contributed by atoms with E-state index in [-0.39, 0.29) is 18.7 Å². The van der Waals surface area contributed by atoms with Gasteiger partial charge in [0.15, 0.2) is 0 Å². The lowest BCUT2D eigenvalue weighted by Crippen LogP contribution is -2.40. The summed E-state index contributed by atoms with van der Waals surface area (Å²) in [6, 6.07) is 7.04. The third-order valence-electron chi connectivity index (χ3n) is 6.48. The SMILES string of the molecule is C1CCC(NC2CCCCC2)CC1.O=C(O)[C@@H]1C[C@@H](O)CN1Sc1ccccc1[N+](=O)[O-]. The predicted octanol–water partition coefficient (Wildman–Crippen LogP) is 4.36. The molecule has 3 fully saturated rings. The highest BCUT2D eigenvalue weighted by atomic mass is 32.2. The van der Waals surface area contributed by atoms with E-state index in [0.29, 0.717) is 4.90 Å². The van der Waals surface area contributed by atoms with Crippen LogP contribution in [0.1, 0.15) is 70.6 Å². The molecule has 1 saturated heterocycles. The number of aliphatic carboxylic acids is 1. The number of carboxylic acid groups (broad SMARTS) is 1. The molecule has 0 unspecified atom stereocenters. The topological polar surface area (TPSA) is 116 Å². The van der Waals surface area contributed by atoms with E-state index in [2.05, 4.69) is 5.32 Å². The summed E-state index contributed by atoms with van der Waals surface area (Å²) in [6.45, 7) is 0.174. The van der Waals surface area contributed by atoms with Gasteiger partial charge in [0.1, 0.15) is 10.9 Å². The number of carboxylic acids is 1. The standard InChI is InChI=1S/C12H23N.C11H12N2O5S/c1-3-7-11(8-4-1)13-12-9-5-2-6-10-12;14-7-5-9(11(15)16)12(6-7)19-10-4-2-1-3-8(10)13(17)18/h11-13H,1-10H2;1-4,7,9,14H,5-6H2,(H,15,16)/t;7-,9+/m.1/s1. The summed E-state index contributed by atoms with van der Waals surface area (Å²) in [5.74, 6) is -1.04. The first kappa shape index (κ1) is 25.0. The number of nitrogens with zero attached hydrogens (tertiary/aromatic N) is 2. The molecule has 0 spiro atoms. The first-order valence-electron chi connectivity index (χ1n) is 11.8. The average molecular weight is 466 g/mol. The molecule has 3 N–H and O–H groups in total. The van der Waals surface area contributed by atoms with Crippen molar-refractivity contribution in [3.05, 3.63) is 34.4 Å². The van der Waals surface area contributed by atoms with Crippen LogP contribution in [-0.4, -0.2) is 56.2 Å². The summed E-state index contributed by atoms with van der Waals surface area (Å²) in [5, 5.41) is 33.3. The predicted molar refractivity (Wildman–Crippen MR) is 125 cm³/mol. The highest BCUT2D eigenvalue weighted by molar-refractivity contribution is 7.97. The molecule has 4 rings (SSSR count). The Bertz CT molecular complexity index is 737. The van der Waals surface area contributed by atoms with Crippen LogP contribution in [0.4, 0.5) is 5.69 Å². The zero-order valence-electron chi connectivity index (χ0n) is 18.5. The Morgan fingerprint density at radius 3 is 2.12 bits per heavy atom. The van der Waals surface area contributed by atoms with E-state index in [9.17, 15) is 20.0 Å². The molecule has 2 saturated carbocycles. The molecule has 3 aliphatic rings. The van der Waals surface area contributed by atoms with Gasteiger partial charge in [-0.1, -0.05) is 50.7 Å². The molecular formula is C23H35N3O5S. The van der Waals surface area contributed by atoms with Crippen molar-refractivity contribution in [3.63, 3.8) is 0 Å². The van der Waals surface area contributed by atoms with Gasteiger partial charge in [-0.25, -0.2) is 4.31 Å². The van der Waals surface area contributed by atoms with Crippen molar-refractivity contribution in [2.24, 2.45) is 0 Å². The lowest BCUT2D eigenvalue weighted by atomic mass is 9.91. The van der Waals surface area contributed by atoms with E-state index in [0.717, 1.165) is 24.0 Å². The number of nitrogens with one attached hydrogen (secondary N) is 1. The van der Waals surface area contributed by atoms with Gasteiger partial charge in [-0.3, -0.25) is 14.9 Å². The van der Waals surface area contributed by atoms with Crippen LogP contribution in [0.5, 0.6) is 0 Å². The summed E-state index contributed by atoms with van der Waals surface area (Å²) in [5.41, 5.74) is -0.0713. The number of aliphatic hydroxyl groups excluding tert-OH is 1. The lowest BCUT2D eigenvalue weighted by Gasteiger charge is -2.30. The fourth-order valence-electron chi connectivity index (χ4n) is 4.79. The number of hydrogen-bond acceptors (Lipinski definition) is 7. The molecule has 9 heteroatoms. The smallest absolute Gasteiger partial charge is 0.321 e. The molecule has 2 aliphatic carbocycles. The van der Waals surface area contributed by atoms with Crippen LogP contribution in [0, 0.1) is 10.1 Å². The number of rotatable bonds is 6. The fourth-order valence-corrected chi connectivity index (χ4v) is 5.97. The molecule has 0 radical (unpaired) electrons. The third kappa shape index (κ3) is 7.43. The van der Waals surface area contributed by atoms with Gasteiger partial charge in [0, 0.05) is 31.1 Å². The lowest BCUT2D eigenvalue weighted by molar-refractivity contribution is -0.387. The van der Waals surface area contributed by atoms with Gasteiger partial charge >= 0.3 is 5.97 Å². The first-order valence-corrected chi connectivity index (χ1v) is 12.6. The number of β-amino-alcohol motifs (C(OH)–C–C–N with tert-alkyl or cyclic N) is 1. The Labute approximate surface area is 194 Å². The quantitative estimate of drug-likeness (QED) is 0.322. The molecule has 2 atom stereocenters. The van der Waals surface area contributed by atoms with Crippen LogP contribution in [0.25, 0.3) is 0 Å². The number of hydrogen-bond donors (Lipinski definition) is 3. The Balaban J connectivity index is 0.000000193. The van der Waals surface area contributed by atoms with Crippen LogP contribution in [-0.2, 0) is 4.79 Å². The van der Waals surface area contributed by atoms with Gasteiger partial charge < -0.3 is 15.5 Å². The van der Waals surface area contributed by atoms with Crippen molar-refractivity contribution in [2.75, 3.05) is 6.54 Å². The van der Waals surface area contributed by atoms with Gasteiger partial charge in [-0.05, 0) is 43.7 Å². The molecule has 0 aromatic heterocycles. The van der Waals surface area contributed by atoms with Crippen molar-refractivity contribution in [3.8, 4) is 0 Å². The average Bonchev–Trinajstić information content (AvgIpc) is 3.16. The minimum Gasteiger partial charge on any atom is -0.480 e. The maximum absolute atomic E-state index is 11.1. The zero-order chi connectivity index (χ0) is 22.9. The Hall–Kier alpha value is -1.68. The highest BCUT2D eigenvalue weighted by Crippen LogP contribution is 2.36. The van der Waals surface area contributed by atoms with E-state index in [1.54, 1.807) is 18.2 Å². The molecule has 8 nitrogen and oxygen atoms in total. The van der Waals surface area contributed by atoms with Crippen molar-refractivity contribution in [2.45, 2.75) is 99.8 Å². The minimum absolute atomic E-state index is 0.0713. The largest absolute Gasteiger partial charge is 0.480 e. The van der Waals surface area contributed by atoms with Gasteiger partial charge in [-0.15, -0.1) is 0 Å². The minimum atomic E-state index is -1.04. The maximum Gasteiger partial charge on any atom is 0.321 e. The number of aliphatic hydroxyl groups is 1. The summed E-state index contributed by atoms with van der Waals surface area (Å²) >= 11 is 0.997. The van der Waals surface area contributed by atoms with Crippen molar-refractivity contribution in [1.82, 2.24) is 9.62 Å². The first-order chi connectivity index (χ1) is 15.4.